The van der Waals surface area contributed by atoms with E-state index < -0.39 is 5.82 Å². The summed E-state index contributed by atoms with van der Waals surface area (Å²) in [7, 11) is 0. The SMILES string of the molecule is Nc1cc(-c2ccc(=O)n(Cc3cccc(-c4ncc(OCCN5CCOCC5)cn4)c3)n2)ccc1F. The van der Waals surface area contributed by atoms with E-state index in [0.29, 0.717) is 29.4 Å². The summed E-state index contributed by atoms with van der Waals surface area (Å²) in [6.07, 6.45) is 3.33. The summed E-state index contributed by atoms with van der Waals surface area (Å²) in [6.45, 7) is 5.00. The second kappa shape index (κ2) is 11.3. The molecule has 10 heteroatoms. The molecule has 37 heavy (non-hydrogen) atoms. The first-order valence-corrected chi connectivity index (χ1v) is 12.0. The summed E-state index contributed by atoms with van der Waals surface area (Å²) in [5.41, 5.74) is 8.29. The first kappa shape index (κ1) is 24.5. The fraction of sp³-hybridized carbons (Fsp3) is 0.259. The van der Waals surface area contributed by atoms with Gasteiger partial charge in [-0.05, 0) is 35.9 Å². The number of nitrogen functional groups attached to an aromatic ring is 1. The van der Waals surface area contributed by atoms with Gasteiger partial charge in [-0.1, -0.05) is 18.2 Å². The molecule has 1 saturated heterocycles. The van der Waals surface area contributed by atoms with Crippen LogP contribution in [-0.2, 0) is 11.3 Å². The molecule has 0 aliphatic carbocycles. The second-order valence-electron chi connectivity index (χ2n) is 8.70. The standard InChI is InChI=1S/C27H27FN6O3/c28-23-5-4-20(15-24(23)29)25-6-7-26(35)34(32-25)18-19-2-1-3-21(14-19)27-30-16-22(17-31-27)37-13-10-33-8-11-36-12-9-33/h1-7,14-17H,8-13,18,29H2. The predicted molar refractivity (Wildman–Crippen MR) is 138 cm³/mol. The van der Waals surface area contributed by atoms with Crippen LogP contribution in [0.3, 0.4) is 0 Å². The summed E-state index contributed by atoms with van der Waals surface area (Å²) in [4.78, 5) is 23.7. The smallest absolute Gasteiger partial charge is 0.267 e. The van der Waals surface area contributed by atoms with Crippen molar-refractivity contribution < 1.29 is 13.9 Å². The number of hydrogen-bond acceptors (Lipinski definition) is 8. The van der Waals surface area contributed by atoms with Crippen LogP contribution in [0.5, 0.6) is 5.75 Å². The molecule has 190 valence electrons. The van der Waals surface area contributed by atoms with E-state index in [1.54, 1.807) is 24.5 Å². The summed E-state index contributed by atoms with van der Waals surface area (Å²) in [5.74, 6) is 0.670. The highest BCUT2D eigenvalue weighted by Crippen LogP contribution is 2.22. The number of nitrogens with two attached hydrogens (primary N) is 1. The second-order valence-corrected chi connectivity index (χ2v) is 8.70. The number of benzene rings is 2. The van der Waals surface area contributed by atoms with Gasteiger partial charge in [0.15, 0.2) is 11.6 Å². The minimum absolute atomic E-state index is 0.0262. The Kier molecular flexibility index (Phi) is 7.48. The largest absolute Gasteiger partial charge is 0.489 e. The number of morpholine rings is 1. The third-order valence-electron chi connectivity index (χ3n) is 6.08. The monoisotopic (exact) mass is 502 g/mol. The molecule has 0 atom stereocenters. The van der Waals surface area contributed by atoms with Crippen molar-refractivity contribution in [3.63, 3.8) is 0 Å². The van der Waals surface area contributed by atoms with Crippen molar-refractivity contribution in [1.82, 2.24) is 24.6 Å². The van der Waals surface area contributed by atoms with Gasteiger partial charge in [-0.15, -0.1) is 0 Å². The van der Waals surface area contributed by atoms with Crippen LogP contribution in [0, 0.1) is 5.82 Å². The van der Waals surface area contributed by atoms with Crippen molar-refractivity contribution in [2.45, 2.75) is 6.54 Å². The van der Waals surface area contributed by atoms with Gasteiger partial charge in [-0.3, -0.25) is 9.69 Å². The third-order valence-corrected chi connectivity index (χ3v) is 6.08. The minimum atomic E-state index is -0.497. The number of nitrogens with zero attached hydrogens (tertiary/aromatic N) is 5. The van der Waals surface area contributed by atoms with Crippen molar-refractivity contribution in [3.05, 3.63) is 88.7 Å². The molecule has 5 rings (SSSR count). The molecule has 0 unspecified atom stereocenters. The normalized spacial score (nSPS) is 14.0. The average Bonchev–Trinajstić information content (AvgIpc) is 2.93. The zero-order chi connectivity index (χ0) is 25.6. The average molecular weight is 503 g/mol. The van der Waals surface area contributed by atoms with E-state index in [2.05, 4.69) is 20.0 Å². The maximum atomic E-state index is 13.5. The van der Waals surface area contributed by atoms with Gasteiger partial charge < -0.3 is 15.2 Å². The van der Waals surface area contributed by atoms with Crippen molar-refractivity contribution in [3.8, 4) is 28.4 Å². The van der Waals surface area contributed by atoms with Crippen molar-refractivity contribution in [2.24, 2.45) is 0 Å². The lowest BCUT2D eigenvalue weighted by Gasteiger charge is -2.26. The molecule has 0 bridgehead atoms. The first-order chi connectivity index (χ1) is 18.0. The van der Waals surface area contributed by atoms with E-state index in [1.807, 2.05) is 24.3 Å². The van der Waals surface area contributed by atoms with Crippen LogP contribution in [0.4, 0.5) is 10.1 Å². The summed E-state index contributed by atoms with van der Waals surface area (Å²) in [6, 6.07) is 15.0. The molecule has 1 fully saturated rings. The van der Waals surface area contributed by atoms with E-state index in [9.17, 15) is 9.18 Å². The van der Waals surface area contributed by atoms with Crippen molar-refractivity contribution in [1.29, 1.82) is 0 Å². The molecule has 0 amide bonds. The van der Waals surface area contributed by atoms with Gasteiger partial charge >= 0.3 is 0 Å². The highest BCUT2D eigenvalue weighted by Gasteiger charge is 2.11. The van der Waals surface area contributed by atoms with Crippen LogP contribution >= 0.6 is 0 Å². The lowest BCUT2D eigenvalue weighted by atomic mass is 10.1. The van der Waals surface area contributed by atoms with E-state index in [4.69, 9.17) is 15.2 Å². The number of rotatable bonds is 8. The highest BCUT2D eigenvalue weighted by atomic mass is 19.1. The van der Waals surface area contributed by atoms with Gasteiger partial charge in [0.1, 0.15) is 12.4 Å². The molecule has 1 aliphatic rings. The molecule has 2 aromatic heterocycles. The topological polar surface area (TPSA) is 108 Å². The van der Waals surface area contributed by atoms with Crippen LogP contribution in [0.2, 0.25) is 0 Å². The molecule has 0 saturated carbocycles. The number of aromatic nitrogens is 4. The van der Waals surface area contributed by atoms with Crippen LogP contribution in [0.1, 0.15) is 5.56 Å². The predicted octanol–water partition coefficient (Wildman–Crippen LogP) is 2.85. The third kappa shape index (κ3) is 6.16. The Morgan fingerprint density at radius 3 is 2.59 bits per heavy atom. The number of anilines is 1. The Bertz CT molecular complexity index is 1420. The fourth-order valence-electron chi connectivity index (χ4n) is 4.06. The lowest BCUT2D eigenvalue weighted by Crippen LogP contribution is -2.38. The lowest BCUT2D eigenvalue weighted by molar-refractivity contribution is 0.0322. The van der Waals surface area contributed by atoms with Gasteiger partial charge in [0.2, 0.25) is 0 Å². The molecule has 4 aromatic rings. The van der Waals surface area contributed by atoms with Gasteiger partial charge in [0, 0.05) is 36.8 Å². The molecule has 2 aromatic carbocycles. The van der Waals surface area contributed by atoms with Crippen LogP contribution < -0.4 is 16.0 Å². The zero-order valence-electron chi connectivity index (χ0n) is 20.2. The van der Waals surface area contributed by atoms with E-state index >= 15 is 0 Å². The van der Waals surface area contributed by atoms with Gasteiger partial charge in [-0.2, -0.15) is 5.10 Å². The fourth-order valence-corrected chi connectivity index (χ4v) is 4.06. The molecule has 9 nitrogen and oxygen atoms in total. The molecular formula is C27H27FN6O3. The molecule has 0 spiro atoms. The maximum absolute atomic E-state index is 13.5. The number of halogens is 1. The van der Waals surface area contributed by atoms with Crippen LogP contribution in [0.15, 0.2) is 71.8 Å². The summed E-state index contributed by atoms with van der Waals surface area (Å²) >= 11 is 0. The van der Waals surface area contributed by atoms with E-state index in [-0.39, 0.29) is 17.8 Å². The van der Waals surface area contributed by atoms with E-state index in [1.165, 1.54) is 22.9 Å². The summed E-state index contributed by atoms with van der Waals surface area (Å²) < 4.78 is 26.1. The Labute approximate surface area is 213 Å². The van der Waals surface area contributed by atoms with Crippen LogP contribution in [-0.4, -0.2) is 64.1 Å². The molecule has 0 radical (unpaired) electrons. The van der Waals surface area contributed by atoms with Crippen LogP contribution in [0.25, 0.3) is 22.6 Å². The maximum Gasteiger partial charge on any atom is 0.267 e. The van der Waals surface area contributed by atoms with Gasteiger partial charge in [0.25, 0.3) is 5.56 Å². The Morgan fingerprint density at radius 1 is 1.00 bits per heavy atom. The quantitative estimate of drug-likeness (QED) is 0.367. The molecule has 1 aliphatic heterocycles. The Hall–Kier alpha value is -4.15. The molecule has 3 heterocycles. The first-order valence-electron chi connectivity index (χ1n) is 12.0. The van der Waals surface area contributed by atoms with E-state index in [0.717, 1.165) is 44.0 Å². The van der Waals surface area contributed by atoms with Crippen molar-refractivity contribution in [2.75, 3.05) is 45.2 Å². The van der Waals surface area contributed by atoms with Gasteiger partial charge in [0.05, 0.1) is 43.5 Å². The number of ether oxygens (including phenoxy) is 2. The minimum Gasteiger partial charge on any atom is -0.489 e. The Morgan fingerprint density at radius 2 is 1.81 bits per heavy atom. The Balaban J connectivity index is 1.26. The molecular weight excluding hydrogens is 475 g/mol. The number of hydrogen-bond donors (Lipinski definition) is 1. The van der Waals surface area contributed by atoms with Crippen molar-refractivity contribution >= 4 is 5.69 Å². The highest BCUT2D eigenvalue weighted by molar-refractivity contribution is 5.63. The zero-order valence-corrected chi connectivity index (χ0v) is 20.2. The van der Waals surface area contributed by atoms with Gasteiger partial charge in [-0.25, -0.2) is 19.0 Å². The molecule has 2 N–H and O–H groups in total. The summed E-state index contributed by atoms with van der Waals surface area (Å²) in [5, 5.41) is 4.45.